The molecule has 2 N–H and O–H groups in total. The molecule has 1 aliphatic rings. The monoisotopic (exact) mass is 202 g/mol. The molecule has 0 spiro atoms. The topological polar surface area (TPSA) is 29.3 Å². The Morgan fingerprint density at radius 3 is 2.69 bits per heavy atom. The lowest BCUT2D eigenvalue weighted by atomic mass is 10.0. The van der Waals surface area contributed by atoms with E-state index in [2.05, 4.69) is 37.4 Å². The highest BCUT2D eigenvalue weighted by Gasteiger charge is 2.26. The van der Waals surface area contributed by atoms with Gasteiger partial charge in [0.1, 0.15) is 0 Å². The largest absolute Gasteiger partial charge is 0.329 e. The summed E-state index contributed by atoms with van der Waals surface area (Å²) in [7, 11) is 0. The van der Waals surface area contributed by atoms with Crippen molar-refractivity contribution in [2.75, 3.05) is 24.6 Å². The molecule has 1 heterocycles. The van der Waals surface area contributed by atoms with E-state index in [1.807, 2.05) is 0 Å². The Bertz CT molecular complexity index is 150. The average Bonchev–Trinajstić information content (AvgIpc) is 2.09. The predicted octanol–water partition coefficient (Wildman–Crippen LogP) is 1.41. The maximum Gasteiger partial charge on any atom is 0.0244 e. The molecular weight excluding hydrogens is 180 g/mol. The number of nitrogens with zero attached hydrogens (tertiary/aromatic N) is 1. The van der Waals surface area contributed by atoms with E-state index in [-0.39, 0.29) is 0 Å². The molecule has 0 amide bonds. The maximum atomic E-state index is 5.82. The highest BCUT2D eigenvalue weighted by Crippen LogP contribution is 2.21. The van der Waals surface area contributed by atoms with Crippen LogP contribution >= 0.6 is 11.8 Å². The van der Waals surface area contributed by atoms with Crippen LogP contribution in [0.3, 0.4) is 0 Å². The van der Waals surface area contributed by atoms with Gasteiger partial charge in [0, 0.05) is 36.7 Å². The van der Waals surface area contributed by atoms with Gasteiger partial charge in [-0.25, -0.2) is 0 Å². The zero-order valence-corrected chi connectivity index (χ0v) is 9.81. The maximum absolute atomic E-state index is 5.82. The number of hydrogen-bond acceptors (Lipinski definition) is 3. The van der Waals surface area contributed by atoms with Crippen LogP contribution in [0.4, 0.5) is 0 Å². The molecule has 2 nitrogen and oxygen atoms in total. The molecule has 0 saturated carbocycles. The Hall–Kier alpha value is 0.270. The highest BCUT2D eigenvalue weighted by molar-refractivity contribution is 7.99. The second-order valence-corrected chi connectivity index (χ2v) is 5.36. The van der Waals surface area contributed by atoms with Crippen molar-refractivity contribution in [3.63, 3.8) is 0 Å². The molecule has 3 heteroatoms. The van der Waals surface area contributed by atoms with Gasteiger partial charge >= 0.3 is 0 Å². The number of nitrogens with two attached hydrogens (primary N) is 1. The lowest BCUT2D eigenvalue weighted by Crippen LogP contribution is -2.52. The van der Waals surface area contributed by atoms with E-state index in [1.165, 1.54) is 18.1 Å². The molecule has 1 aliphatic heterocycles. The summed E-state index contributed by atoms with van der Waals surface area (Å²) in [6, 6.07) is 1.28. The standard InChI is InChI=1S/C10H22N2S/c1-8(2)10(6-11)12-4-5-13-7-9(12)3/h8-10H,4-7,11H2,1-3H3. The van der Waals surface area contributed by atoms with E-state index in [9.17, 15) is 0 Å². The van der Waals surface area contributed by atoms with Gasteiger partial charge in [-0.15, -0.1) is 0 Å². The summed E-state index contributed by atoms with van der Waals surface area (Å²) in [6.45, 7) is 8.87. The van der Waals surface area contributed by atoms with Crippen LogP contribution < -0.4 is 5.73 Å². The minimum absolute atomic E-state index is 0.580. The molecule has 0 aromatic rings. The highest BCUT2D eigenvalue weighted by atomic mass is 32.2. The molecule has 1 rings (SSSR count). The van der Waals surface area contributed by atoms with Crippen LogP contribution in [-0.4, -0.2) is 41.6 Å². The number of hydrogen-bond donors (Lipinski definition) is 1. The van der Waals surface area contributed by atoms with Crippen molar-refractivity contribution in [1.29, 1.82) is 0 Å². The third kappa shape index (κ3) is 2.86. The van der Waals surface area contributed by atoms with Crippen LogP contribution in [0.15, 0.2) is 0 Å². The smallest absolute Gasteiger partial charge is 0.0244 e. The molecule has 1 fully saturated rings. The van der Waals surface area contributed by atoms with Crippen LogP contribution in [0.5, 0.6) is 0 Å². The minimum Gasteiger partial charge on any atom is -0.329 e. The average molecular weight is 202 g/mol. The summed E-state index contributed by atoms with van der Waals surface area (Å²) in [5, 5.41) is 0. The van der Waals surface area contributed by atoms with Gasteiger partial charge < -0.3 is 5.73 Å². The van der Waals surface area contributed by atoms with E-state index in [0.717, 1.165) is 6.54 Å². The Morgan fingerprint density at radius 2 is 2.23 bits per heavy atom. The van der Waals surface area contributed by atoms with Crippen molar-refractivity contribution in [3.8, 4) is 0 Å². The van der Waals surface area contributed by atoms with E-state index in [4.69, 9.17) is 5.73 Å². The van der Waals surface area contributed by atoms with E-state index < -0.39 is 0 Å². The Labute approximate surface area is 86.2 Å². The lowest BCUT2D eigenvalue weighted by Gasteiger charge is -2.40. The number of thioether (sulfide) groups is 1. The molecule has 1 saturated heterocycles. The van der Waals surface area contributed by atoms with Crippen LogP contribution in [0.1, 0.15) is 20.8 Å². The van der Waals surface area contributed by atoms with Gasteiger partial charge in [-0.3, -0.25) is 4.90 Å². The Balaban J connectivity index is 2.55. The second kappa shape index (κ2) is 5.23. The summed E-state index contributed by atoms with van der Waals surface area (Å²) in [5.74, 6) is 3.21. The van der Waals surface area contributed by atoms with Gasteiger partial charge in [-0.2, -0.15) is 11.8 Å². The van der Waals surface area contributed by atoms with Gasteiger partial charge in [0.2, 0.25) is 0 Å². The number of rotatable bonds is 3. The third-order valence-electron chi connectivity index (χ3n) is 2.86. The first kappa shape index (κ1) is 11.3. The van der Waals surface area contributed by atoms with Crippen LogP contribution in [0.25, 0.3) is 0 Å². The third-order valence-corrected chi connectivity index (χ3v) is 4.05. The van der Waals surface area contributed by atoms with Gasteiger partial charge in [-0.05, 0) is 12.8 Å². The normalized spacial score (nSPS) is 27.9. The zero-order chi connectivity index (χ0) is 9.84. The van der Waals surface area contributed by atoms with Crippen LogP contribution in [0.2, 0.25) is 0 Å². The molecule has 0 radical (unpaired) electrons. The van der Waals surface area contributed by atoms with Crippen molar-refractivity contribution in [1.82, 2.24) is 4.90 Å². The SMILES string of the molecule is CC(C)C(CN)N1CCSCC1C. The summed E-state index contributed by atoms with van der Waals surface area (Å²) in [4.78, 5) is 2.58. The summed E-state index contributed by atoms with van der Waals surface area (Å²) >= 11 is 2.06. The van der Waals surface area contributed by atoms with E-state index in [0.29, 0.717) is 18.0 Å². The molecular formula is C10H22N2S. The fourth-order valence-electron chi connectivity index (χ4n) is 2.02. The van der Waals surface area contributed by atoms with Crippen molar-refractivity contribution < 1.29 is 0 Å². The summed E-state index contributed by atoms with van der Waals surface area (Å²) in [5.41, 5.74) is 5.82. The molecule has 0 aliphatic carbocycles. The zero-order valence-electron chi connectivity index (χ0n) is 8.99. The fourth-order valence-corrected chi connectivity index (χ4v) is 3.06. The van der Waals surface area contributed by atoms with E-state index >= 15 is 0 Å². The first-order valence-electron chi connectivity index (χ1n) is 5.20. The van der Waals surface area contributed by atoms with Gasteiger partial charge in [0.15, 0.2) is 0 Å². The lowest BCUT2D eigenvalue weighted by molar-refractivity contribution is 0.130. The quantitative estimate of drug-likeness (QED) is 0.750. The summed E-state index contributed by atoms with van der Waals surface area (Å²) in [6.07, 6.45) is 0. The molecule has 0 bridgehead atoms. The first-order valence-corrected chi connectivity index (χ1v) is 6.35. The predicted molar refractivity (Wildman–Crippen MR) is 61.2 cm³/mol. The molecule has 2 atom stereocenters. The van der Waals surface area contributed by atoms with Gasteiger partial charge in [-0.1, -0.05) is 13.8 Å². The Kier molecular flexibility index (Phi) is 4.56. The van der Waals surface area contributed by atoms with Gasteiger partial charge in [0.25, 0.3) is 0 Å². The molecule has 13 heavy (non-hydrogen) atoms. The van der Waals surface area contributed by atoms with Crippen LogP contribution in [-0.2, 0) is 0 Å². The van der Waals surface area contributed by atoms with Crippen molar-refractivity contribution in [3.05, 3.63) is 0 Å². The van der Waals surface area contributed by atoms with Crippen molar-refractivity contribution in [2.45, 2.75) is 32.9 Å². The molecule has 2 unspecified atom stereocenters. The van der Waals surface area contributed by atoms with Crippen molar-refractivity contribution in [2.24, 2.45) is 11.7 Å². The molecule has 78 valence electrons. The van der Waals surface area contributed by atoms with E-state index in [1.54, 1.807) is 0 Å². The summed E-state index contributed by atoms with van der Waals surface area (Å²) < 4.78 is 0. The van der Waals surface area contributed by atoms with Gasteiger partial charge in [0.05, 0.1) is 0 Å². The Morgan fingerprint density at radius 1 is 1.54 bits per heavy atom. The second-order valence-electron chi connectivity index (χ2n) is 4.21. The minimum atomic E-state index is 0.580. The molecule has 0 aromatic heterocycles. The fraction of sp³-hybridized carbons (Fsp3) is 1.00. The van der Waals surface area contributed by atoms with Crippen molar-refractivity contribution >= 4 is 11.8 Å². The van der Waals surface area contributed by atoms with Crippen LogP contribution in [0, 0.1) is 5.92 Å². The molecule has 0 aromatic carbocycles. The first-order chi connectivity index (χ1) is 6.16.